The first-order valence-electron chi connectivity index (χ1n) is 8.40. The molecule has 10 nitrogen and oxygen atoms in total. The van der Waals surface area contributed by atoms with Crippen LogP contribution in [0.4, 0.5) is 0 Å². The van der Waals surface area contributed by atoms with Crippen LogP contribution in [0, 0.1) is 0 Å². The van der Waals surface area contributed by atoms with Crippen LogP contribution < -0.4 is 11.1 Å². The van der Waals surface area contributed by atoms with Crippen molar-refractivity contribution in [3.05, 3.63) is 64.2 Å². The molecule has 0 fully saturated rings. The fourth-order valence-electron chi connectivity index (χ4n) is 2.54. The summed E-state index contributed by atoms with van der Waals surface area (Å²) in [5.74, 6) is -0.407. The lowest BCUT2D eigenvalue weighted by Gasteiger charge is -2.05. The third kappa shape index (κ3) is 4.04. The minimum atomic E-state index is -0.546. The average molecular weight is 397 g/mol. The first kappa shape index (κ1) is 17.8. The van der Waals surface area contributed by atoms with Crippen molar-refractivity contribution >= 4 is 17.2 Å². The molecule has 1 N–H and O–H groups in total. The number of aromatic nitrogens is 6. The van der Waals surface area contributed by atoms with E-state index in [0.29, 0.717) is 0 Å². The molecular weight excluding hydrogens is 382 g/mol. The molecule has 28 heavy (non-hydrogen) atoms. The van der Waals surface area contributed by atoms with Gasteiger partial charge in [0.2, 0.25) is 5.91 Å². The van der Waals surface area contributed by atoms with Gasteiger partial charge in [-0.05, 0) is 39.6 Å². The van der Waals surface area contributed by atoms with Crippen LogP contribution in [0.15, 0.2) is 57.3 Å². The van der Waals surface area contributed by atoms with Crippen LogP contribution in [0.2, 0.25) is 0 Å². The number of hydrogen-bond donors (Lipinski definition) is 1. The van der Waals surface area contributed by atoms with Gasteiger partial charge in [-0.15, -0.1) is 21.5 Å². The molecule has 0 radical (unpaired) electrons. The highest BCUT2D eigenvalue weighted by Crippen LogP contribution is 2.20. The summed E-state index contributed by atoms with van der Waals surface area (Å²) in [6.07, 6.45) is 1.72. The highest BCUT2D eigenvalue weighted by atomic mass is 32.1. The van der Waals surface area contributed by atoms with Gasteiger partial charge in [-0.2, -0.15) is 4.68 Å². The fourth-order valence-corrected chi connectivity index (χ4v) is 3.19. The Balaban J connectivity index is 1.29. The second-order valence-electron chi connectivity index (χ2n) is 5.82. The van der Waals surface area contributed by atoms with Crippen LogP contribution in [0.25, 0.3) is 16.5 Å². The van der Waals surface area contributed by atoms with E-state index in [1.54, 1.807) is 0 Å². The Bertz CT molecular complexity index is 1100. The second kappa shape index (κ2) is 7.96. The minimum absolute atomic E-state index is 0.148. The summed E-state index contributed by atoms with van der Waals surface area (Å²) in [6, 6.07) is 11.0. The molecule has 142 valence electrons. The van der Waals surface area contributed by atoms with Crippen LogP contribution in [-0.4, -0.2) is 42.4 Å². The Morgan fingerprint density at radius 2 is 2.07 bits per heavy atom. The Morgan fingerprint density at radius 1 is 1.21 bits per heavy atom. The summed E-state index contributed by atoms with van der Waals surface area (Å²) in [5.41, 5.74) is 1.66. The number of hydrogen-bond acceptors (Lipinski definition) is 8. The molecule has 0 saturated heterocycles. The van der Waals surface area contributed by atoms with Crippen molar-refractivity contribution in [2.75, 3.05) is 6.54 Å². The maximum atomic E-state index is 12.1. The van der Waals surface area contributed by atoms with E-state index in [2.05, 4.69) is 25.9 Å². The third-order valence-corrected chi connectivity index (χ3v) is 4.76. The molecule has 0 saturated carbocycles. The number of benzene rings is 1. The molecule has 0 unspecified atom stereocenters. The fraction of sp³-hybridized carbons (Fsp3) is 0.176. The number of carbonyl (C=O) groups excluding carboxylic acids is 1. The molecule has 0 aliphatic heterocycles. The van der Waals surface area contributed by atoms with E-state index in [9.17, 15) is 9.59 Å². The van der Waals surface area contributed by atoms with Gasteiger partial charge in [-0.3, -0.25) is 4.79 Å². The van der Waals surface area contributed by atoms with Crippen molar-refractivity contribution in [3.63, 3.8) is 0 Å². The predicted molar refractivity (Wildman–Crippen MR) is 99.9 cm³/mol. The monoisotopic (exact) mass is 397 g/mol. The molecule has 11 heteroatoms. The molecule has 0 bridgehead atoms. The normalized spacial score (nSPS) is 10.9. The lowest BCUT2D eigenvalue weighted by Crippen LogP contribution is -2.31. The quantitative estimate of drug-likeness (QED) is 0.492. The molecule has 0 atom stereocenters. The van der Waals surface area contributed by atoms with Crippen molar-refractivity contribution in [1.29, 1.82) is 0 Å². The smallest absolute Gasteiger partial charge is 0.387 e. The van der Waals surface area contributed by atoms with Gasteiger partial charge in [0.05, 0.1) is 23.5 Å². The summed E-state index contributed by atoms with van der Waals surface area (Å²) < 4.78 is 7.87. The number of nitrogens with zero attached hydrogens (tertiary/aromatic N) is 6. The van der Waals surface area contributed by atoms with Crippen LogP contribution in [0.1, 0.15) is 5.56 Å². The highest BCUT2D eigenvalue weighted by Gasteiger charge is 2.11. The third-order valence-electron chi connectivity index (χ3n) is 3.90. The molecule has 1 amide bonds. The lowest BCUT2D eigenvalue weighted by molar-refractivity contribution is -0.120. The van der Waals surface area contributed by atoms with Crippen LogP contribution in [0.3, 0.4) is 0 Å². The number of rotatable bonds is 7. The first-order chi connectivity index (χ1) is 13.7. The topological polar surface area (TPSA) is 121 Å². The Hall–Kier alpha value is -3.60. The number of thiophene rings is 1. The molecule has 3 aromatic heterocycles. The summed E-state index contributed by atoms with van der Waals surface area (Å²) in [5, 5.41) is 19.8. The van der Waals surface area contributed by atoms with E-state index < -0.39 is 5.76 Å². The zero-order valence-corrected chi connectivity index (χ0v) is 15.4. The van der Waals surface area contributed by atoms with Gasteiger partial charge in [0.25, 0.3) is 5.89 Å². The van der Waals surface area contributed by atoms with E-state index in [1.807, 2.05) is 41.8 Å². The largest absolute Gasteiger partial charge is 0.437 e. The number of tetrazole rings is 1. The molecule has 0 spiro atoms. The molecule has 3 heterocycles. The van der Waals surface area contributed by atoms with E-state index in [-0.39, 0.29) is 31.3 Å². The lowest BCUT2D eigenvalue weighted by atomic mass is 10.1. The summed E-state index contributed by atoms with van der Waals surface area (Å²) >= 11 is 1.44. The van der Waals surface area contributed by atoms with Gasteiger partial charge in [-0.1, -0.05) is 18.2 Å². The molecule has 0 aliphatic rings. The van der Waals surface area contributed by atoms with Gasteiger partial charge in [0, 0.05) is 6.54 Å². The predicted octanol–water partition coefficient (Wildman–Crippen LogP) is 0.899. The maximum Gasteiger partial charge on any atom is 0.437 e. The van der Waals surface area contributed by atoms with Crippen LogP contribution >= 0.6 is 11.3 Å². The van der Waals surface area contributed by atoms with Gasteiger partial charge < -0.3 is 9.73 Å². The van der Waals surface area contributed by atoms with E-state index in [0.717, 1.165) is 16.1 Å². The summed E-state index contributed by atoms with van der Waals surface area (Å²) in [4.78, 5) is 24.7. The van der Waals surface area contributed by atoms with E-state index in [1.165, 1.54) is 27.0 Å². The Kier molecular flexibility index (Phi) is 5.06. The maximum absolute atomic E-state index is 12.1. The molecule has 4 aromatic rings. The van der Waals surface area contributed by atoms with Crippen molar-refractivity contribution in [3.8, 4) is 16.5 Å². The Labute approximate surface area is 162 Å². The van der Waals surface area contributed by atoms with Gasteiger partial charge in [0.15, 0.2) is 0 Å². The molecule has 4 rings (SSSR count). The number of amides is 1. The van der Waals surface area contributed by atoms with Crippen molar-refractivity contribution in [2.45, 2.75) is 13.0 Å². The van der Waals surface area contributed by atoms with Crippen molar-refractivity contribution in [2.24, 2.45) is 0 Å². The second-order valence-corrected chi connectivity index (χ2v) is 6.77. The van der Waals surface area contributed by atoms with Gasteiger partial charge in [-0.25, -0.2) is 9.48 Å². The van der Waals surface area contributed by atoms with Crippen molar-refractivity contribution < 1.29 is 9.21 Å². The standard InChI is InChI=1S/C17H15N7O3S/c25-15(10-12-3-5-13(6-4-12)24-11-19-21-22-24)18-7-8-23-17(26)27-16(20-23)14-2-1-9-28-14/h1-6,9,11H,7-8,10H2,(H,18,25). The zero-order valence-electron chi connectivity index (χ0n) is 14.6. The molecule has 0 aliphatic carbocycles. The highest BCUT2D eigenvalue weighted by molar-refractivity contribution is 7.13. The van der Waals surface area contributed by atoms with Crippen LogP contribution in [-0.2, 0) is 17.8 Å². The summed E-state index contributed by atoms with van der Waals surface area (Å²) in [7, 11) is 0. The Morgan fingerprint density at radius 3 is 2.79 bits per heavy atom. The summed E-state index contributed by atoms with van der Waals surface area (Å²) in [6.45, 7) is 0.509. The SMILES string of the molecule is O=C(Cc1ccc(-n2cnnn2)cc1)NCCn1nc(-c2cccs2)oc1=O. The van der Waals surface area contributed by atoms with E-state index in [4.69, 9.17) is 4.42 Å². The van der Waals surface area contributed by atoms with E-state index >= 15 is 0 Å². The van der Waals surface area contributed by atoms with Crippen molar-refractivity contribution in [1.82, 2.24) is 35.3 Å². The van der Waals surface area contributed by atoms with Gasteiger partial charge in [0.1, 0.15) is 6.33 Å². The number of carbonyl (C=O) groups is 1. The molecular formula is C17H15N7O3S. The first-order valence-corrected chi connectivity index (χ1v) is 9.28. The van der Waals surface area contributed by atoms with Crippen LogP contribution in [0.5, 0.6) is 0 Å². The molecule has 1 aromatic carbocycles. The minimum Gasteiger partial charge on any atom is -0.387 e. The zero-order chi connectivity index (χ0) is 19.3. The average Bonchev–Trinajstić information content (AvgIpc) is 3.45. The number of nitrogens with one attached hydrogen (secondary N) is 1. The van der Waals surface area contributed by atoms with Gasteiger partial charge >= 0.3 is 5.76 Å².